The quantitative estimate of drug-likeness (QED) is 0.876. The highest BCUT2D eigenvalue weighted by atomic mass is 16.5. The zero-order valence-corrected chi connectivity index (χ0v) is 16.5. The standard InChI is InChI=1S/C22H28N2O4/c1-15(2)19-12-17(25)14-22(27-19)8-10-24(11-9-22)21(26)18-13-20(28-23-18)16-6-4-3-5-7-16/h3-7,13,15,17,19,25H,8-12,14H2,1-2H3/t17-,19-/m1/s1. The first kappa shape index (κ1) is 19.2. The summed E-state index contributed by atoms with van der Waals surface area (Å²) in [7, 11) is 0. The van der Waals surface area contributed by atoms with Crippen molar-refractivity contribution < 1.29 is 19.2 Å². The first-order valence-electron chi connectivity index (χ1n) is 10.1. The van der Waals surface area contributed by atoms with Crippen molar-refractivity contribution in [2.45, 2.75) is 57.3 Å². The van der Waals surface area contributed by atoms with Gasteiger partial charge in [0.15, 0.2) is 11.5 Å². The summed E-state index contributed by atoms with van der Waals surface area (Å²) in [5, 5.41) is 14.3. The van der Waals surface area contributed by atoms with Gasteiger partial charge in [0.1, 0.15) is 0 Å². The van der Waals surface area contributed by atoms with Crippen molar-refractivity contribution in [1.29, 1.82) is 0 Å². The van der Waals surface area contributed by atoms with Crippen molar-refractivity contribution in [3.05, 3.63) is 42.1 Å². The van der Waals surface area contributed by atoms with E-state index in [1.54, 1.807) is 6.07 Å². The van der Waals surface area contributed by atoms with Crippen LogP contribution < -0.4 is 0 Å². The van der Waals surface area contributed by atoms with Gasteiger partial charge >= 0.3 is 0 Å². The van der Waals surface area contributed by atoms with Gasteiger partial charge in [0.25, 0.3) is 5.91 Å². The monoisotopic (exact) mass is 384 g/mol. The Labute approximate surface area is 165 Å². The second-order valence-corrected chi connectivity index (χ2v) is 8.41. The van der Waals surface area contributed by atoms with Crippen molar-refractivity contribution in [1.82, 2.24) is 10.1 Å². The van der Waals surface area contributed by atoms with Crippen LogP contribution in [0.3, 0.4) is 0 Å². The van der Waals surface area contributed by atoms with Crippen molar-refractivity contribution in [2.24, 2.45) is 5.92 Å². The number of nitrogens with zero attached hydrogens (tertiary/aromatic N) is 2. The van der Waals surface area contributed by atoms with Crippen molar-refractivity contribution in [3.8, 4) is 11.3 Å². The van der Waals surface area contributed by atoms with Crippen LogP contribution in [0.15, 0.2) is 40.9 Å². The van der Waals surface area contributed by atoms with Gasteiger partial charge in [-0.15, -0.1) is 0 Å². The molecule has 1 amide bonds. The van der Waals surface area contributed by atoms with Gasteiger partial charge in [0.2, 0.25) is 0 Å². The third-order valence-electron chi connectivity index (χ3n) is 6.01. The third kappa shape index (κ3) is 3.84. The lowest BCUT2D eigenvalue weighted by atomic mass is 9.80. The number of benzene rings is 1. The van der Waals surface area contributed by atoms with Gasteiger partial charge in [-0.2, -0.15) is 0 Å². The molecular weight excluding hydrogens is 356 g/mol. The van der Waals surface area contributed by atoms with Crippen molar-refractivity contribution in [2.75, 3.05) is 13.1 Å². The van der Waals surface area contributed by atoms with E-state index in [1.165, 1.54) is 0 Å². The van der Waals surface area contributed by atoms with E-state index in [2.05, 4.69) is 19.0 Å². The average Bonchev–Trinajstić information content (AvgIpc) is 3.18. The largest absolute Gasteiger partial charge is 0.393 e. The summed E-state index contributed by atoms with van der Waals surface area (Å²) in [5.74, 6) is 0.853. The Balaban J connectivity index is 1.41. The molecule has 2 saturated heterocycles. The average molecular weight is 384 g/mol. The van der Waals surface area contributed by atoms with E-state index in [0.717, 1.165) is 18.4 Å². The molecule has 2 fully saturated rings. The van der Waals surface area contributed by atoms with Crippen LogP contribution in [0.4, 0.5) is 0 Å². The molecular formula is C22H28N2O4. The number of aliphatic hydroxyl groups excluding tert-OH is 1. The van der Waals surface area contributed by atoms with E-state index in [-0.39, 0.29) is 23.7 Å². The number of rotatable bonds is 3. The predicted molar refractivity (Wildman–Crippen MR) is 105 cm³/mol. The Hall–Kier alpha value is -2.18. The molecule has 2 aliphatic heterocycles. The molecule has 0 radical (unpaired) electrons. The SMILES string of the molecule is CC(C)[C@H]1C[C@@H](O)CC2(CCN(C(=O)c3cc(-c4ccccc4)on3)CC2)O1. The normalized spacial score (nSPS) is 24.6. The minimum atomic E-state index is -0.327. The number of likely N-dealkylation sites (tertiary alicyclic amines) is 1. The lowest BCUT2D eigenvalue weighted by Crippen LogP contribution is -2.54. The molecule has 2 atom stereocenters. The molecule has 1 aromatic carbocycles. The number of hydrogen-bond acceptors (Lipinski definition) is 5. The van der Waals surface area contributed by atoms with Gasteiger partial charge in [-0.3, -0.25) is 4.79 Å². The van der Waals surface area contributed by atoms with Gasteiger partial charge in [-0.05, 0) is 25.2 Å². The van der Waals surface area contributed by atoms with Crippen molar-refractivity contribution in [3.63, 3.8) is 0 Å². The van der Waals surface area contributed by atoms with Crippen LogP contribution in [0.25, 0.3) is 11.3 Å². The number of hydrogen-bond donors (Lipinski definition) is 1. The molecule has 6 nitrogen and oxygen atoms in total. The van der Waals surface area contributed by atoms with Gasteiger partial charge < -0.3 is 19.3 Å². The molecule has 2 aromatic rings. The molecule has 3 heterocycles. The van der Waals surface area contributed by atoms with E-state index in [4.69, 9.17) is 9.26 Å². The number of amides is 1. The van der Waals surface area contributed by atoms with E-state index in [9.17, 15) is 9.90 Å². The van der Waals surface area contributed by atoms with E-state index in [1.807, 2.05) is 35.2 Å². The zero-order valence-electron chi connectivity index (χ0n) is 16.5. The maximum Gasteiger partial charge on any atom is 0.276 e. The van der Waals surface area contributed by atoms with Crippen molar-refractivity contribution >= 4 is 5.91 Å². The minimum absolute atomic E-state index is 0.0787. The van der Waals surface area contributed by atoms with Crippen LogP contribution in [0, 0.1) is 5.92 Å². The zero-order chi connectivity index (χ0) is 19.7. The summed E-state index contributed by atoms with van der Waals surface area (Å²) in [4.78, 5) is 14.7. The highest BCUT2D eigenvalue weighted by Gasteiger charge is 2.44. The number of aliphatic hydroxyl groups is 1. The smallest absolute Gasteiger partial charge is 0.276 e. The summed E-state index contributed by atoms with van der Waals surface area (Å²) < 4.78 is 11.8. The summed E-state index contributed by atoms with van der Waals surface area (Å²) in [5.41, 5.74) is 0.915. The summed E-state index contributed by atoms with van der Waals surface area (Å²) in [6.07, 6.45) is 2.58. The number of ether oxygens (including phenoxy) is 1. The topological polar surface area (TPSA) is 75.8 Å². The molecule has 1 spiro atoms. The van der Waals surface area contributed by atoms with Crippen LogP contribution in [-0.4, -0.2) is 52.0 Å². The number of piperidine rings is 1. The predicted octanol–water partition coefficient (Wildman–Crippen LogP) is 3.51. The van der Waals surface area contributed by atoms with E-state index < -0.39 is 0 Å². The Morgan fingerprint density at radius 3 is 2.64 bits per heavy atom. The highest BCUT2D eigenvalue weighted by Crippen LogP contribution is 2.39. The van der Waals surface area contributed by atoms with Crippen LogP contribution in [0.2, 0.25) is 0 Å². The second kappa shape index (κ2) is 7.68. The third-order valence-corrected chi connectivity index (χ3v) is 6.01. The Bertz CT molecular complexity index is 809. The molecule has 1 N–H and O–H groups in total. The van der Waals surface area contributed by atoms with E-state index in [0.29, 0.717) is 43.3 Å². The summed E-state index contributed by atoms with van der Waals surface area (Å²) >= 11 is 0. The Kier molecular flexibility index (Phi) is 5.25. The lowest BCUT2D eigenvalue weighted by Gasteiger charge is -2.48. The van der Waals surface area contributed by atoms with Crippen LogP contribution in [-0.2, 0) is 4.74 Å². The van der Waals surface area contributed by atoms with Gasteiger partial charge in [-0.1, -0.05) is 49.3 Å². The molecule has 0 unspecified atom stereocenters. The first-order chi connectivity index (χ1) is 13.5. The molecule has 150 valence electrons. The first-order valence-corrected chi connectivity index (χ1v) is 10.1. The number of carbonyl (C=O) groups is 1. The molecule has 4 rings (SSSR count). The minimum Gasteiger partial charge on any atom is -0.393 e. The molecule has 2 aliphatic rings. The van der Waals surface area contributed by atoms with Crippen LogP contribution in [0.5, 0.6) is 0 Å². The van der Waals surface area contributed by atoms with Gasteiger partial charge in [0, 0.05) is 31.1 Å². The maximum atomic E-state index is 12.9. The fourth-order valence-corrected chi connectivity index (χ4v) is 4.32. The Morgan fingerprint density at radius 1 is 1.25 bits per heavy atom. The second-order valence-electron chi connectivity index (χ2n) is 8.41. The van der Waals surface area contributed by atoms with E-state index >= 15 is 0 Å². The molecule has 0 aliphatic carbocycles. The summed E-state index contributed by atoms with van der Waals surface area (Å²) in [6, 6.07) is 11.3. The lowest BCUT2D eigenvalue weighted by molar-refractivity contribution is -0.190. The molecule has 0 saturated carbocycles. The highest BCUT2D eigenvalue weighted by molar-refractivity contribution is 5.93. The number of carbonyl (C=O) groups excluding carboxylic acids is 1. The molecule has 0 bridgehead atoms. The molecule has 28 heavy (non-hydrogen) atoms. The fourth-order valence-electron chi connectivity index (χ4n) is 4.32. The maximum absolute atomic E-state index is 12.9. The van der Waals surface area contributed by atoms with Gasteiger partial charge in [-0.25, -0.2) is 0 Å². The van der Waals surface area contributed by atoms with Gasteiger partial charge in [0.05, 0.1) is 17.8 Å². The van der Waals surface area contributed by atoms with Crippen LogP contribution in [0.1, 0.15) is 50.0 Å². The molecule has 6 heteroatoms. The van der Waals surface area contributed by atoms with Crippen LogP contribution >= 0.6 is 0 Å². The molecule has 1 aromatic heterocycles. The number of aromatic nitrogens is 1. The fraction of sp³-hybridized carbons (Fsp3) is 0.545. The Morgan fingerprint density at radius 2 is 1.96 bits per heavy atom. The summed E-state index contributed by atoms with van der Waals surface area (Å²) in [6.45, 7) is 5.46.